The number of rotatable bonds is 11. The van der Waals surface area contributed by atoms with Gasteiger partial charge in [-0.15, -0.1) is 0 Å². The fourth-order valence-corrected chi connectivity index (χ4v) is 8.05. The van der Waals surface area contributed by atoms with Crippen LogP contribution in [0.15, 0.2) is 150 Å². The Morgan fingerprint density at radius 1 is 0.449 bits per heavy atom. The van der Waals surface area contributed by atoms with Gasteiger partial charge in [0.05, 0.1) is 31.3 Å². The summed E-state index contributed by atoms with van der Waals surface area (Å²) in [7, 11) is 3.26. The first-order valence-corrected chi connectivity index (χ1v) is 23.6. The van der Waals surface area contributed by atoms with E-state index < -0.39 is 0 Å². The van der Waals surface area contributed by atoms with Crippen LogP contribution in [0.4, 0.5) is 0 Å². The highest BCUT2D eigenvalue weighted by atomic mass is 79.9. The van der Waals surface area contributed by atoms with Gasteiger partial charge < -0.3 is 24.1 Å². The number of methoxy groups -OCH3 is 2. The largest absolute Gasteiger partial charge is 0.508 e. The number of aromatic nitrogens is 6. The number of hydrogen-bond acceptors (Lipinski definition) is 11. The maximum Gasteiger partial charge on any atom is 0.259 e. The third kappa shape index (κ3) is 13.5. The Morgan fingerprint density at radius 3 is 1.07 bits per heavy atom. The van der Waals surface area contributed by atoms with Crippen LogP contribution in [0.1, 0.15) is 44.9 Å². The lowest BCUT2D eigenvalue weighted by atomic mass is 10.2. The number of pyridine rings is 6. The maximum absolute atomic E-state index is 12.7. The lowest BCUT2D eigenvalue weighted by Crippen LogP contribution is -2.21. The van der Waals surface area contributed by atoms with Crippen LogP contribution >= 0.6 is 47.8 Å². The van der Waals surface area contributed by atoms with E-state index in [1.165, 1.54) is 18.2 Å². The molecule has 17 heteroatoms. The number of benzene rings is 2. The Balaban J connectivity index is 0.000000174. The summed E-state index contributed by atoms with van der Waals surface area (Å²) in [6, 6.07) is 30.2. The van der Waals surface area contributed by atoms with E-state index in [0.29, 0.717) is 44.2 Å². The first-order chi connectivity index (χ1) is 32.9. The van der Waals surface area contributed by atoms with Gasteiger partial charge in [0.2, 0.25) is 0 Å². The van der Waals surface area contributed by atoms with E-state index in [1.54, 1.807) is 65.6 Å². The fraction of sp³-hybridized carbons (Fsp3) is 0.192. The molecule has 0 aliphatic heterocycles. The highest BCUT2D eigenvalue weighted by molar-refractivity contribution is 9.11. The van der Waals surface area contributed by atoms with Crippen LogP contribution in [-0.4, -0.2) is 48.0 Å². The van der Waals surface area contributed by atoms with Crippen molar-refractivity contribution in [3.05, 3.63) is 211 Å². The molecule has 0 aliphatic rings. The van der Waals surface area contributed by atoms with Crippen molar-refractivity contribution in [2.45, 2.75) is 54.8 Å². The normalized spacial score (nSPS) is 10.6. The SMILES string of the molecule is COc1ccc(COc2cc(C)n(-c3cc(Br)ncc3C)c(=O)c2)cc1.COc1ccc(COc2cc(C)n(-c3cc(Br)ncc3C)c(=O)c2)cc1.Cc1cnc(Br)cc1-n1c(C)cc(O)cc1=O. The molecule has 0 bridgehead atoms. The Kier molecular flexibility index (Phi) is 17.5. The topological polar surface area (TPSA) is 162 Å². The average Bonchev–Trinajstić information content (AvgIpc) is 3.31. The van der Waals surface area contributed by atoms with E-state index in [-0.39, 0.29) is 22.4 Å². The van der Waals surface area contributed by atoms with E-state index in [2.05, 4.69) is 62.7 Å². The standard InChI is InChI=1S/2C20H19BrN2O3.C12H11BrN2O2/c2*1-13-11-22-19(21)10-18(13)23-14(2)8-17(9-20(23)24)26-12-15-4-6-16(25-3)7-5-15;1-7-6-14-11(13)5-10(7)15-8(2)3-9(16)4-12(15)17/h2*4-11H,12H2,1-3H3;3-6,16H,1-2H3. The zero-order chi connectivity index (χ0) is 49.9. The molecule has 1 N–H and O–H groups in total. The highest BCUT2D eigenvalue weighted by Gasteiger charge is 2.13. The number of halogens is 3. The number of nitrogens with zero attached hydrogens (tertiary/aromatic N) is 6. The first kappa shape index (κ1) is 51.6. The van der Waals surface area contributed by atoms with E-state index in [0.717, 1.165) is 67.8 Å². The van der Waals surface area contributed by atoms with Crippen molar-refractivity contribution < 1.29 is 24.1 Å². The molecule has 8 aromatic rings. The monoisotopic (exact) mass is 1120 g/mol. The molecule has 14 nitrogen and oxygen atoms in total. The van der Waals surface area contributed by atoms with Crippen LogP contribution in [0.25, 0.3) is 17.1 Å². The smallest absolute Gasteiger partial charge is 0.259 e. The number of hydrogen-bond donors (Lipinski definition) is 1. The van der Waals surface area contributed by atoms with E-state index in [4.69, 9.17) is 18.9 Å². The molecule has 0 amide bonds. The first-order valence-electron chi connectivity index (χ1n) is 21.2. The Labute approximate surface area is 424 Å². The molecule has 69 heavy (non-hydrogen) atoms. The molecule has 0 saturated carbocycles. The predicted molar refractivity (Wildman–Crippen MR) is 277 cm³/mol. The van der Waals surface area contributed by atoms with Crippen LogP contribution < -0.4 is 35.6 Å². The van der Waals surface area contributed by atoms with Crippen molar-refractivity contribution >= 4 is 47.8 Å². The summed E-state index contributed by atoms with van der Waals surface area (Å²) in [6.45, 7) is 12.0. The molecule has 0 atom stereocenters. The minimum atomic E-state index is -0.260. The Bertz CT molecular complexity index is 3120. The van der Waals surface area contributed by atoms with Gasteiger partial charge in [-0.25, -0.2) is 15.0 Å². The summed E-state index contributed by atoms with van der Waals surface area (Å²) in [5.74, 6) is 2.67. The van der Waals surface area contributed by atoms with Crippen molar-refractivity contribution in [3.63, 3.8) is 0 Å². The number of aromatic hydroxyl groups is 1. The number of aryl methyl sites for hydroxylation is 6. The molecule has 0 saturated heterocycles. The van der Waals surface area contributed by atoms with Crippen molar-refractivity contribution in [2.75, 3.05) is 14.2 Å². The second-order valence-electron chi connectivity index (χ2n) is 15.7. The van der Waals surface area contributed by atoms with E-state index in [1.807, 2.05) is 107 Å². The molecule has 6 aromatic heterocycles. The molecule has 2 aromatic carbocycles. The maximum atomic E-state index is 12.7. The summed E-state index contributed by atoms with van der Waals surface area (Å²) >= 11 is 10.00. The van der Waals surface area contributed by atoms with Crippen molar-refractivity contribution in [1.29, 1.82) is 0 Å². The second kappa shape index (κ2) is 23.5. The molecular weight excluding hydrogens is 1080 g/mol. The summed E-state index contributed by atoms with van der Waals surface area (Å²) < 4.78 is 28.8. The van der Waals surface area contributed by atoms with Crippen LogP contribution in [-0.2, 0) is 13.2 Å². The summed E-state index contributed by atoms with van der Waals surface area (Å²) in [6.07, 6.45) is 5.16. The average molecular weight is 1130 g/mol. The molecule has 0 spiro atoms. The van der Waals surface area contributed by atoms with Gasteiger partial charge in [0.15, 0.2) is 0 Å². The van der Waals surface area contributed by atoms with Gasteiger partial charge in [0.1, 0.15) is 55.8 Å². The van der Waals surface area contributed by atoms with E-state index >= 15 is 0 Å². The third-order valence-electron chi connectivity index (χ3n) is 10.6. The predicted octanol–water partition coefficient (Wildman–Crippen LogP) is 10.7. The van der Waals surface area contributed by atoms with Crippen LogP contribution in [0.3, 0.4) is 0 Å². The second-order valence-corrected chi connectivity index (χ2v) is 18.1. The molecule has 356 valence electrons. The third-order valence-corrected chi connectivity index (χ3v) is 11.9. The molecule has 0 aliphatic carbocycles. The zero-order valence-electron chi connectivity index (χ0n) is 39.1. The van der Waals surface area contributed by atoms with Gasteiger partial charge in [-0.3, -0.25) is 28.1 Å². The van der Waals surface area contributed by atoms with Gasteiger partial charge in [0, 0.05) is 66.0 Å². The lowest BCUT2D eigenvalue weighted by molar-refractivity contribution is 0.304. The zero-order valence-corrected chi connectivity index (χ0v) is 43.8. The van der Waals surface area contributed by atoms with Crippen LogP contribution in [0.5, 0.6) is 28.7 Å². The minimum absolute atomic E-state index is 0.0190. The number of ether oxygens (including phenoxy) is 4. The quantitative estimate of drug-likeness (QED) is 0.123. The Morgan fingerprint density at radius 2 is 0.768 bits per heavy atom. The highest BCUT2D eigenvalue weighted by Crippen LogP contribution is 2.24. The molecule has 0 radical (unpaired) electrons. The fourth-order valence-electron chi connectivity index (χ4n) is 7.09. The van der Waals surface area contributed by atoms with E-state index in [9.17, 15) is 19.5 Å². The summed E-state index contributed by atoms with van der Waals surface area (Å²) in [5.41, 5.74) is 8.82. The summed E-state index contributed by atoms with van der Waals surface area (Å²) in [4.78, 5) is 49.7. The van der Waals surface area contributed by atoms with Gasteiger partial charge in [-0.2, -0.15) is 0 Å². The Hall–Kier alpha value is -6.82. The van der Waals surface area contributed by atoms with Gasteiger partial charge in [-0.05, 0) is 166 Å². The van der Waals surface area contributed by atoms with Gasteiger partial charge in [0.25, 0.3) is 16.7 Å². The van der Waals surface area contributed by atoms with Gasteiger partial charge in [-0.1, -0.05) is 24.3 Å². The minimum Gasteiger partial charge on any atom is -0.508 e. The molecular formula is C52H49Br3N6O8. The van der Waals surface area contributed by atoms with Crippen molar-refractivity contribution in [2.24, 2.45) is 0 Å². The van der Waals surface area contributed by atoms with Crippen molar-refractivity contribution in [3.8, 4) is 45.8 Å². The molecule has 0 fully saturated rings. The molecule has 0 unspecified atom stereocenters. The van der Waals surface area contributed by atoms with Gasteiger partial charge >= 0.3 is 0 Å². The van der Waals surface area contributed by atoms with Crippen LogP contribution in [0, 0.1) is 41.5 Å². The molecule has 8 rings (SSSR count). The van der Waals surface area contributed by atoms with Crippen LogP contribution in [0.2, 0.25) is 0 Å². The lowest BCUT2D eigenvalue weighted by Gasteiger charge is -2.14. The summed E-state index contributed by atoms with van der Waals surface area (Å²) in [5, 5.41) is 9.35. The molecule has 6 heterocycles. The van der Waals surface area contributed by atoms with Crippen molar-refractivity contribution in [1.82, 2.24) is 28.7 Å².